The van der Waals surface area contributed by atoms with Gasteiger partial charge < -0.3 is 9.42 Å². The minimum atomic E-state index is -0.0272. The van der Waals surface area contributed by atoms with E-state index < -0.39 is 0 Å². The van der Waals surface area contributed by atoms with E-state index in [2.05, 4.69) is 29.0 Å². The summed E-state index contributed by atoms with van der Waals surface area (Å²) in [7, 11) is 0. The van der Waals surface area contributed by atoms with Crippen molar-refractivity contribution in [2.24, 2.45) is 0 Å². The quantitative estimate of drug-likeness (QED) is 0.816. The van der Waals surface area contributed by atoms with Gasteiger partial charge in [0.15, 0.2) is 5.82 Å². The molecule has 0 aliphatic heterocycles. The van der Waals surface area contributed by atoms with Crippen LogP contribution in [0.1, 0.15) is 65.7 Å². The Balaban J connectivity index is 2.17. The second-order valence-corrected chi connectivity index (χ2v) is 6.43. The first-order valence-electron chi connectivity index (χ1n) is 7.54. The highest BCUT2D eigenvalue weighted by Crippen LogP contribution is 2.26. The average Bonchev–Trinajstić information content (AvgIpc) is 3.10. The lowest BCUT2D eigenvalue weighted by molar-refractivity contribution is 0.0738. The Morgan fingerprint density at radius 3 is 2.55 bits per heavy atom. The molecular formula is C15H22N4O2S. The zero-order chi connectivity index (χ0) is 16.3. The van der Waals surface area contributed by atoms with E-state index in [0.717, 1.165) is 17.1 Å². The van der Waals surface area contributed by atoms with Crippen molar-refractivity contribution < 1.29 is 9.32 Å². The van der Waals surface area contributed by atoms with Crippen molar-refractivity contribution in [2.45, 2.75) is 53.5 Å². The molecule has 0 saturated carbocycles. The number of aromatic nitrogens is 3. The van der Waals surface area contributed by atoms with Crippen LogP contribution in [-0.2, 0) is 13.0 Å². The Hall–Kier alpha value is -1.76. The van der Waals surface area contributed by atoms with Crippen LogP contribution in [0.4, 0.5) is 0 Å². The molecule has 2 rings (SSSR count). The van der Waals surface area contributed by atoms with Gasteiger partial charge in [0.05, 0.1) is 10.7 Å². The fourth-order valence-corrected chi connectivity index (χ4v) is 3.03. The highest BCUT2D eigenvalue weighted by molar-refractivity contribution is 7.13. The van der Waals surface area contributed by atoms with Crippen molar-refractivity contribution in [1.82, 2.24) is 20.0 Å². The van der Waals surface area contributed by atoms with Crippen molar-refractivity contribution in [3.8, 4) is 0 Å². The van der Waals surface area contributed by atoms with Crippen molar-refractivity contribution in [3.05, 3.63) is 27.3 Å². The van der Waals surface area contributed by atoms with Crippen LogP contribution in [0.5, 0.6) is 0 Å². The average molecular weight is 322 g/mol. The number of carbonyl (C=O) groups is 1. The third-order valence-corrected chi connectivity index (χ3v) is 4.77. The highest BCUT2D eigenvalue weighted by Gasteiger charge is 2.23. The van der Waals surface area contributed by atoms with Gasteiger partial charge in [-0.3, -0.25) is 4.79 Å². The van der Waals surface area contributed by atoms with Crippen molar-refractivity contribution >= 4 is 17.2 Å². The molecule has 0 aromatic carbocycles. The van der Waals surface area contributed by atoms with Crippen LogP contribution in [0.2, 0.25) is 0 Å². The summed E-state index contributed by atoms with van der Waals surface area (Å²) in [6.45, 7) is 10.9. The lowest BCUT2D eigenvalue weighted by Gasteiger charge is -2.17. The van der Waals surface area contributed by atoms with Gasteiger partial charge in [0.1, 0.15) is 11.4 Å². The fraction of sp³-hybridized carbons (Fsp3) is 0.600. The number of aryl methyl sites for hydroxylation is 2. The normalized spacial score (nSPS) is 11.2. The molecule has 120 valence electrons. The van der Waals surface area contributed by atoms with Gasteiger partial charge in [0.2, 0.25) is 5.89 Å². The van der Waals surface area contributed by atoms with Crippen molar-refractivity contribution in [1.29, 1.82) is 0 Å². The van der Waals surface area contributed by atoms with E-state index in [0.29, 0.717) is 35.6 Å². The van der Waals surface area contributed by atoms with E-state index in [4.69, 9.17) is 4.52 Å². The molecule has 22 heavy (non-hydrogen) atoms. The van der Waals surface area contributed by atoms with Gasteiger partial charge >= 0.3 is 0 Å². The molecule has 0 unspecified atom stereocenters. The highest BCUT2D eigenvalue weighted by atomic mass is 32.1. The topological polar surface area (TPSA) is 72.1 Å². The maximum atomic E-state index is 12.7. The van der Waals surface area contributed by atoms with E-state index in [-0.39, 0.29) is 5.91 Å². The second-order valence-electron chi connectivity index (χ2n) is 5.40. The smallest absolute Gasteiger partial charge is 0.266 e. The first-order valence-corrected chi connectivity index (χ1v) is 8.35. The Morgan fingerprint density at radius 2 is 2.05 bits per heavy atom. The Bertz CT molecular complexity index is 648. The minimum Gasteiger partial charge on any atom is -0.337 e. The molecule has 1 amide bonds. The fourth-order valence-electron chi connectivity index (χ4n) is 1.99. The minimum absolute atomic E-state index is 0.0272. The van der Waals surface area contributed by atoms with Gasteiger partial charge in [-0.1, -0.05) is 25.9 Å². The Labute approximate surface area is 134 Å². The summed E-state index contributed by atoms with van der Waals surface area (Å²) in [4.78, 5) is 23.9. The number of rotatable bonds is 6. The maximum absolute atomic E-state index is 12.7. The van der Waals surface area contributed by atoms with Crippen LogP contribution in [0.25, 0.3) is 0 Å². The zero-order valence-corrected chi connectivity index (χ0v) is 14.5. The predicted octanol–water partition coefficient (Wildman–Crippen LogP) is 3.18. The van der Waals surface area contributed by atoms with Crippen LogP contribution in [0.15, 0.2) is 4.52 Å². The van der Waals surface area contributed by atoms with E-state index in [9.17, 15) is 4.79 Å². The summed E-state index contributed by atoms with van der Waals surface area (Å²) in [6, 6.07) is 0. The monoisotopic (exact) mass is 322 g/mol. The molecule has 0 aliphatic rings. The van der Waals surface area contributed by atoms with Crippen molar-refractivity contribution in [3.63, 3.8) is 0 Å². The summed E-state index contributed by atoms with van der Waals surface area (Å²) in [5.41, 5.74) is 0.789. The molecule has 2 aromatic heterocycles. The van der Waals surface area contributed by atoms with Crippen LogP contribution in [0.3, 0.4) is 0 Å². The van der Waals surface area contributed by atoms with Gasteiger partial charge in [-0.2, -0.15) is 4.98 Å². The molecule has 0 N–H and O–H groups in total. The van der Waals surface area contributed by atoms with Crippen LogP contribution >= 0.6 is 11.3 Å². The van der Waals surface area contributed by atoms with Gasteiger partial charge in [-0.25, -0.2) is 4.98 Å². The lowest BCUT2D eigenvalue weighted by atomic mass is 10.2. The molecular weight excluding hydrogens is 300 g/mol. The van der Waals surface area contributed by atoms with Crippen LogP contribution in [-0.4, -0.2) is 32.5 Å². The van der Waals surface area contributed by atoms with Crippen molar-refractivity contribution in [2.75, 3.05) is 6.54 Å². The third kappa shape index (κ3) is 3.52. The second kappa shape index (κ2) is 7.00. The maximum Gasteiger partial charge on any atom is 0.266 e. The first kappa shape index (κ1) is 16.6. The van der Waals surface area contributed by atoms with E-state index in [1.54, 1.807) is 4.90 Å². The number of nitrogens with zero attached hydrogens (tertiary/aromatic N) is 4. The largest absolute Gasteiger partial charge is 0.337 e. The molecule has 2 aromatic rings. The summed E-state index contributed by atoms with van der Waals surface area (Å²) in [6.07, 6.45) is 0.718. The number of hydrogen-bond acceptors (Lipinski definition) is 6. The number of thiazole rings is 1. The molecule has 0 bridgehead atoms. The van der Waals surface area contributed by atoms with Gasteiger partial charge in [-0.15, -0.1) is 11.3 Å². The lowest BCUT2D eigenvalue weighted by Crippen LogP contribution is -2.30. The molecule has 0 fully saturated rings. The predicted molar refractivity (Wildman–Crippen MR) is 85.0 cm³/mol. The van der Waals surface area contributed by atoms with Gasteiger partial charge in [0, 0.05) is 18.9 Å². The first-order chi connectivity index (χ1) is 10.5. The van der Waals surface area contributed by atoms with Gasteiger partial charge in [-0.05, 0) is 13.8 Å². The summed E-state index contributed by atoms with van der Waals surface area (Å²) >= 11 is 1.47. The van der Waals surface area contributed by atoms with Gasteiger partial charge in [0.25, 0.3) is 5.91 Å². The number of amides is 1. The molecule has 0 radical (unpaired) electrons. The molecule has 0 spiro atoms. The van der Waals surface area contributed by atoms with E-state index >= 15 is 0 Å². The van der Waals surface area contributed by atoms with Crippen LogP contribution < -0.4 is 0 Å². The molecule has 0 atom stereocenters. The molecule has 6 nitrogen and oxygen atoms in total. The summed E-state index contributed by atoms with van der Waals surface area (Å²) < 4.78 is 5.18. The third-order valence-electron chi connectivity index (χ3n) is 3.32. The summed E-state index contributed by atoms with van der Waals surface area (Å²) in [5, 5.41) is 4.85. The van der Waals surface area contributed by atoms with Crippen LogP contribution in [0, 0.1) is 6.92 Å². The Kier molecular flexibility index (Phi) is 5.28. The number of hydrogen-bond donors (Lipinski definition) is 0. The van der Waals surface area contributed by atoms with E-state index in [1.807, 2.05) is 20.8 Å². The SMILES string of the molecule is CCc1noc(CN(CC)C(=O)c2sc(C(C)C)nc2C)n1. The standard InChI is InChI=1S/C15H22N4O2S/c1-6-11-17-12(21-18-11)8-19(7-2)15(20)13-10(5)16-14(22-13)9(3)4/h9H,6-8H2,1-5H3. The number of carbonyl (C=O) groups excluding carboxylic acids is 1. The Morgan fingerprint density at radius 1 is 1.32 bits per heavy atom. The van der Waals surface area contributed by atoms with E-state index in [1.165, 1.54) is 11.3 Å². The molecule has 2 heterocycles. The molecule has 0 aliphatic carbocycles. The molecule has 7 heteroatoms. The molecule has 0 saturated heterocycles. The summed E-state index contributed by atoms with van der Waals surface area (Å²) in [5.74, 6) is 1.43. The zero-order valence-electron chi connectivity index (χ0n) is 13.7.